The Labute approximate surface area is 171 Å². The monoisotopic (exact) mass is 401 g/mol. The largest absolute Gasteiger partial charge is 0.466 e. The van der Waals surface area contributed by atoms with Crippen LogP contribution in [-0.2, 0) is 27.4 Å². The van der Waals surface area contributed by atoms with Crippen molar-refractivity contribution in [2.24, 2.45) is 5.92 Å². The molecule has 0 saturated heterocycles. The predicted octanol–water partition coefficient (Wildman–Crippen LogP) is 2.79. The van der Waals surface area contributed by atoms with Gasteiger partial charge in [0.25, 0.3) is 0 Å². The van der Waals surface area contributed by atoms with Crippen molar-refractivity contribution in [1.82, 2.24) is 14.0 Å². The summed E-state index contributed by atoms with van der Waals surface area (Å²) in [7, 11) is 0. The number of carbonyl (C=O) groups is 2. The van der Waals surface area contributed by atoms with E-state index in [0.29, 0.717) is 38.7 Å². The molecule has 7 nitrogen and oxygen atoms in total. The molecule has 0 bridgehead atoms. The molecule has 1 heterocycles. The van der Waals surface area contributed by atoms with Crippen LogP contribution in [0.5, 0.6) is 0 Å². The lowest BCUT2D eigenvalue weighted by atomic mass is 10.2. The van der Waals surface area contributed by atoms with Crippen LogP contribution in [0.3, 0.4) is 0 Å². The van der Waals surface area contributed by atoms with Crippen molar-refractivity contribution in [3.63, 3.8) is 0 Å². The van der Waals surface area contributed by atoms with Gasteiger partial charge in [-0.2, -0.15) is 0 Å². The van der Waals surface area contributed by atoms with E-state index in [2.05, 4.69) is 0 Å². The number of fused-ring (bicyclic) bond motifs is 1. The topological polar surface area (TPSA) is 73.5 Å². The van der Waals surface area contributed by atoms with E-state index in [1.807, 2.05) is 31.2 Å². The summed E-state index contributed by atoms with van der Waals surface area (Å²) in [5.41, 5.74) is 1.70. The standard InChI is InChI=1S/C22H31N3O4/c1-3-13-24-18-7-5-6-8-19(18)25(22(24)28)15-11-20(26)23(16-17-9-10-17)14-12-21(27)29-4-2/h5-8,17H,3-4,9-16H2,1-2H3. The van der Waals surface area contributed by atoms with Gasteiger partial charge in [-0.25, -0.2) is 4.79 Å². The molecule has 29 heavy (non-hydrogen) atoms. The van der Waals surface area contributed by atoms with Gasteiger partial charge in [0, 0.05) is 32.6 Å². The maximum atomic E-state index is 12.9. The van der Waals surface area contributed by atoms with E-state index in [9.17, 15) is 14.4 Å². The number of esters is 1. The van der Waals surface area contributed by atoms with E-state index in [1.54, 1.807) is 21.0 Å². The predicted molar refractivity (Wildman–Crippen MR) is 112 cm³/mol. The number of hydrogen-bond acceptors (Lipinski definition) is 4. The summed E-state index contributed by atoms with van der Waals surface area (Å²) in [6.45, 7) is 6.23. The third-order valence-electron chi connectivity index (χ3n) is 5.34. The number of nitrogens with zero attached hydrogens (tertiary/aromatic N) is 3. The van der Waals surface area contributed by atoms with Crippen molar-refractivity contribution in [3.8, 4) is 0 Å². The highest BCUT2D eigenvalue weighted by molar-refractivity contribution is 5.78. The van der Waals surface area contributed by atoms with Crippen molar-refractivity contribution in [3.05, 3.63) is 34.7 Å². The molecule has 0 aliphatic heterocycles. The Morgan fingerprint density at radius 1 is 1.07 bits per heavy atom. The number of para-hydroxylation sites is 2. The lowest BCUT2D eigenvalue weighted by molar-refractivity contribution is -0.144. The first-order valence-corrected chi connectivity index (χ1v) is 10.7. The van der Waals surface area contributed by atoms with Crippen molar-refractivity contribution in [1.29, 1.82) is 0 Å². The van der Waals surface area contributed by atoms with Crippen LogP contribution in [-0.4, -0.2) is 45.6 Å². The van der Waals surface area contributed by atoms with Crippen LogP contribution in [0.4, 0.5) is 0 Å². The van der Waals surface area contributed by atoms with Gasteiger partial charge in [-0.05, 0) is 44.2 Å². The second-order valence-electron chi connectivity index (χ2n) is 7.66. The fourth-order valence-electron chi connectivity index (χ4n) is 3.68. The van der Waals surface area contributed by atoms with E-state index in [1.165, 1.54) is 0 Å². The molecular weight excluding hydrogens is 370 g/mol. The number of ether oxygens (including phenoxy) is 1. The van der Waals surface area contributed by atoms with E-state index >= 15 is 0 Å². The van der Waals surface area contributed by atoms with Crippen LogP contribution in [0, 0.1) is 5.92 Å². The normalized spacial score (nSPS) is 13.6. The highest BCUT2D eigenvalue weighted by atomic mass is 16.5. The van der Waals surface area contributed by atoms with Gasteiger partial charge in [-0.1, -0.05) is 19.1 Å². The van der Waals surface area contributed by atoms with Crippen LogP contribution in [0.2, 0.25) is 0 Å². The molecule has 3 rings (SSSR count). The highest BCUT2D eigenvalue weighted by Crippen LogP contribution is 2.30. The molecule has 1 aromatic heterocycles. The number of benzene rings is 1. The number of imidazole rings is 1. The molecule has 1 fully saturated rings. The molecule has 7 heteroatoms. The third kappa shape index (κ3) is 5.28. The molecular formula is C22H31N3O4. The first-order valence-electron chi connectivity index (χ1n) is 10.7. The second kappa shape index (κ2) is 9.76. The first kappa shape index (κ1) is 21.1. The summed E-state index contributed by atoms with van der Waals surface area (Å²) >= 11 is 0. The molecule has 0 N–H and O–H groups in total. The van der Waals surface area contributed by atoms with Gasteiger partial charge in [0.2, 0.25) is 5.91 Å². The molecule has 1 aliphatic carbocycles. The molecule has 1 saturated carbocycles. The Bertz CT molecular complexity index is 910. The molecule has 1 amide bonds. The van der Waals surface area contributed by atoms with Crippen LogP contribution in [0.25, 0.3) is 11.0 Å². The Hall–Kier alpha value is -2.57. The first-order chi connectivity index (χ1) is 14.0. The van der Waals surface area contributed by atoms with E-state index in [4.69, 9.17) is 4.74 Å². The van der Waals surface area contributed by atoms with Crippen LogP contribution in [0.15, 0.2) is 29.1 Å². The SMILES string of the molecule is CCCn1c(=O)n(CCC(=O)N(CCC(=O)OCC)CC2CC2)c2ccccc21. The summed E-state index contributed by atoms with van der Waals surface area (Å²) in [6.07, 6.45) is 3.59. The molecule has 158 valence electrons. The molecule has 2 aromatic rings. The minimum absolute atomic E-state index is 0.0135. The Kier molecular flexibility index (Phi) is 7.12. The van der Waals surface area contributed by atoms with Crippen LogP contribution >= 0.6 is 0 Å². The Morgan fingerprint density at radius 2 is 1.72 bits per heavy atom. The highest BCUT2D eigenvalue weighted by Gasteiger charge is 2.27. The van der Waals surface area contributed by atoms with E-state index in [-0.39, 0.29) is 30.4 Å². The zero-order valence-electron chi connectivity index (χ0n) is 17.4. The lowest BCUT2D eigenvalue weighted by Crippen LogP contribution is -2.36. The fourth-order valence-corrected chi connectivity index (χ4v) is 3.68. The number of carbonyl (C=O) groups excluding carboxylic acids is 2. The number of aromatic nitrogens is 2. The molecule has 1 aliphatic rings. The van der Waals surface area contributed by atoms with Gasteiger partial charge in [0.05, 0.1) is 24.1 Å². The maximum Gasteiger partial charge on any atom is 0.329 e. The second-order valence-corrected chi connectivity index (χ2v) is 7.66. The Morgan fingerprint density at radius 3 is 2.31 bits per heavy atom. The van der Waals surface area contributed by atoms with Gasteiger partial charge in [0.15, 0.2) is 0 Å². The summed E-state index contributed by atoms with van der Waals surface area (Å²) < 4.78 is 8.46. The van der Waals surface area contributed by atoms with Gasteiger partial charge in [-0.3, -0.25) is 18.7 Å². The summed E-state index contributed by atoms with van der Waals surface area (Å²) in [6, 6.07) is 7.71. The number of rotatable bonds is 11. The third-order valence-corrected chi connectivity index (χ3v) is 5.34. The average Bonchev–Trinajstić information content (AvgIpc) is 3.49. The molecule has 0 unspecified atom stereocenters. The molecule has 1 aromatic carbocycles. The molecule has 0 atom stereocenters. The van der Waals surface area contributed by atoms with Crippen LogP contribution < -0.4 is 5.69 Å². The number of aryl methyl sites for hydroxylation is 2. The average molecular weight is 402 g/mol. The quantitative estimate of drug-likeness (QED) is 0.543. The maximum absolute atomic E-state index is 12.9. The van der Waals surface area contributed by atoms with E-state index < -0.39 is 0 Å². The lowest BCUT2D eigenvalue weighted by Gasteiger charge is -2.22. The van der Waals surface area contributed by atoms with Gasteiger partial charge >= 0.3 is 11.7 Å². The van der Waals surface area contributed by atoms with Crippen molar-refractivity contribution < 1.29 is 14.3 Å². The summed E-state index contributed by atoms with van der Waals surface area (Å²) in [5.74, 6) is 0.246. The zero-order valence-corrected chi connectivity index (χ0v) is 17.4. The number of hydrogen-bond donors (Lipinski definition) is 0. The minimum atomic E-state index is -0.278. The Balaban J connectivity index is 1.70. The van der Waals surface area contributed by atoms with Gasteiger partial charge in [-0.15, -0.1) is 0 Å². The smallest absolute Gasteiger partial charge is 0.329 e. The van der Waals surface area contributed by atoms with Gasteiger partial charge in [0.1, 0.15) is 0 Å². The fraction of sp³-hybridized carbons (Fsp3) is 0.591. The summed E-state index contributed by atoms with van der Waals surface area (Å²) in [5, 5.41) is 0. The van der Waals surface area contributed by atoms with Crippen molar-refractivity contribution in [2.45, 2.75) is 59.0 Å². The zero-order chi connectivity index (χ0) is 20.8. The van der Waals surface area contributed by atoms with E-state index in [0.717, 1.165) is 30.3 Å². The summed E-state index contributed by atoms with van der Waals surface area (Å²) in [4.78, 5) is 39.2. The minimum Gasteiger partial charge on any atom is -0.466 e. The number of amides is 1. The van der Waals surface area contributed by atoms with Gasteiger partial charge < -0.3 is 9.64 Å². The van der Waals surface area contributed by atoms with Crippen molar-refractivity contribution >= 4 is 22.9 Å². The molecule has 0 radical (unpaired) electrons. The van der Waals surface area contributed by atoms with Crippen molar-refractivity contribution in [2.75, 3.05) is 19.7 Å². The van der Waals surface area contributed by atoms with Crippen LogP contribution in [0.1, 0.15) is 46.0 Å². The molecule has 0 spiro atoms.